The van der Waals surface area contributed by atoms with E-state index in [2.05, 4.69) is 26.7 Å². The molecule has 0 spiro atoms. The molecule has 0 unspecified atom stereocenters. The second-order valence-electron chi connectivity index (χ2n) is 6.63. The van der Waals surface area contributed by atoms with Crippen LogP contribution in [0.3, 0.4) is 0 Å². The number of sulfonamides is 1. The molecule has 1 saturated heterocycles. The van der Waals surface area contributed by atoms with Crippen molar-refractivity contribution in [1.29, 1.82) is 0 Å². The van der Waals surface area contributed by atoms with Crippen molar-refractivity contribution in [3.8, 4) is 11.3 Å². The van der Waals surface area contributed by atoms with E-state index in [-0.39, 0.29) is 4.90 Å². The van der Waals surface area contributed by atoms with E-state index in [1.807, 2.05) is 18.2 Å². The summed E-state index contributed by atoms with van der Waals surface area (Å²) >= 11 is 0. The number of nitrogens with one attached hydrogen (secondary N) is 1. The number of benzene rings is 1. The van der Waals surface area contributed by atoms with Gasteiger partial charge in [-0.1, -0.05) is 19.1 Å². The zero-order valence-corrected chi connectivity index (χ0v) is 15.7. The summed E-state index contributed by atoms with van der Waals surface area (Å²) in [6, 6.07) is 9.18. The average Bonchev–Trinajstić information content (AvgIpc) is 2.63. The highest BCUT2D eigenvalue weighted by molar-refractivity contribution is 7.89. The fraction of sp³-hybridized carbons (Fsp3) is 0.444. The molecule has 25 heavy (non-hydrogen) atoms. The van der Waals surface area contributed by atoms with Gasteiger partial charge in [-0.3, -0.25) is 0 Å². The van der Waals surface area contributed by atoms with Crippen molar-refractivity contribution in [2.75, 3.05) is 25.0 Å². The Morgan fingerprint density at radius 1 is 1.12 bits per heavy atom. The molecule has 1 N–H and O–H groups in total. The summed E-state index contributed by atoms with van der Waals surface area (Å²) in [7, 11) is -2.08. The van der Waals surface area contributed by atoms with Crippen LogP contribution in [-0.2, 0) is 10.0 Å². The van der Waals surface area contributed by atoms with Gasteiger partial charge < -0.3 is 4.90 Å². The quantitative estimate of drug-likeness (QED) is 0.907. The first-order valence-corrected chi connectivity index (χ1v) is 10.0. The summed E-state index contributed by atoms with van der Waals surface area (Å²) in [5.74, 6) is 1.65. The molecule has 0 bridgehead atoms. The highest BCUT2D eigenvalue weighted by Gasteiger charge is 2.18. The van der Waals surface area contributed by atoms with Crippen LogP contribution >= 0.6 is 0 Å². The van der Waals surface area contributed by atoms with Crippen LogP contribution in [0.25, 0.3) is 11.3 Å². The lowest BCUT2D eigenvalue weighted by atomic mass is 9.99. The summed E-state index contributed by atoms with van der Waals surface area (Å²) in [5, 5.41) is 8.66. The molecule has 134 valence electrons. The van der Waals surface area contributed by atoms with Gasteiger partial charge in [-0.15, -0.1) is 10.2 Å². The summed E-state index contributed by atoms with van der Waals surface area (Å²) in [6.07, 6.45) is 2.35. The zero-order valence-electron chi connectivity index (χ0n) is 14.9. The molecule has 3 rings (SSSR count). The van der Waals surface area contributed by atoms with Crippen LogP contribution in [0.1, 0.15) is 25.3 Å². The second-order valence-corrected chi connectivity index (χ2v) is 8.49. The molecule has 0 saturated carbocycles. The van der Waals surface area contributed by atoms with Gasteiger partial charge in [-0.2, -0.15) is 0 Å². The number of hydrogen-bond acceptors (Lipinski definition) is 5. The van der Waals surface area contributed by atoms with Crippen LogP contribution in [0.15, 0.2) is 35.2 Å². The maximum Gasteiger partial charge on any atom is 0.240 e. The van der Waals surface area contributed by atoms with Crippen LogP contribution in [0.5, 0.6) is 0 Å². The van der Waals surface area contributed by atoms with Crippen molar-refractivity contribution in [3.05, 3.63) is 35.9 Å². The molecule has 2 aromatic rings. The summed E-state index contributed by atoms with van der Waals surface area (Å²) in [4.78, 5) is 2.52. The molecule has 1 aliphatic rings. The van der Waals surface area contributed by atoms with Crippen molar-refractivity contribution >= 4 is 15.8 Å². The molecule has 1 aromatic carbocycles. The lowest BCUT2D eigenvalue weighted by Gasteiger charge is -2.30. The van der Waals surface area contributed by atoms with Crippen molar-refractivity contribution in [1.82, 2.24) is 14.9 Å². The van der Waals surface area contributed by atoms with Crippen LogP contribution in [0.4, 0.5) is 5.82 Å². The van der Waals surface area contributed by atoms with Crippen molar-refractivity contribution in [3.63, 3.8) is 0 Å². The van der Waals surface area contributed by atoms with E-state index in [1.165, 1.54) is 19.9 Å². The Morgan fingerprint density at radius 2 is 1.84 bits per heavy atom. The summed E-state index contributed by atoms with van der Waals surface area (Å²) < 4.78 is 26.6. The largest absolute Gasteiger partial charge is 0.355 e. The molecule has 1 aliphatic heterocycles. The van der Waals surface area contributed by atoms with Crippen molar-refractivity contribution < 1.29 is 8.42 Å². The van der Waals surface area contributed by atoms with Gasteiger partial charge in [0.05, 0.1) is 10.6 Å². The summed E-state index contributed by atoms with van der Waals surface area (Å²) in [6.45, 7) is 6.06. The molecule has 1 fully saturated rings. The van der Waals surface area contributed by atoms with E-state index < -0.39 is 10.0 Å². The Balaban J connectivity index is 1.87. The minimum atomic E-state index is -3.50. The number of aromatic nitrogens is 2. The molecule has 0 radical (unpaired) electrons. The third kappa shape index (κ3) is 3.82. The first-order valence-electron chi connectivity index (χ1n) is 8.54. The zero-order chi connectivity index (χ0) is 18.0. The predicted molar refractivity (Wildman–Crippen MR) is 99.1 cm³/mol. The van der Waals surface area contributed by atoms with Gasteiger partial charge in [0, 0.05) is 18.7 Å². The molecule has 2 heterocycles. The Hall–Kier alpha value is -1.99. The SMILES string of the molecule is CNS(=O)(=O)c1cc(-c2ccc(N3CCC(C)CC3)nn2)ccc1C. The first kappa shape index (κ1) is 17.8. The Morgan fingerprint density at radius 3 is 2.44 bits per heavy atom. The second kappa shape index (κ2) is 7.09. The number of hydrogen-bond donors (Lipinski definition) is 1. The molecule has 1 aromatic heterocycles. The van der Waals surface area contributed by atoms with Gasteiger partial charge >= 0.3 is 0 Å². The number of anilines is 1. The van der Waals surface area contributed by atoms with E-state index in [9.17, 15) is 8.42 Å². The third-order valence-electron chi connectivity index (χ3n) is 4.80. The van der Waals surface area contributed by atoms with Gasteiger partial charge in [-0.25, -0.2) is 13.1 Å². The topological polar surface area (TPSA) is 75.2 Å². The van der Waals surface area contributed by atoms with E-state index in [0.29, 0.717) is 11.3 Å². The highest BCUT2D eigenvalue weighted by atomic mass is 32.2. The Labute approximate surface area is 149 Å². The molecule has 6 nitrogen and oxygen atoms in total. The lowest BCUT2D eigenvalue weighted by molar-refractivity contribution is 0.436. The van der Waals surface area contributed by atoms with Crippen LogP contribution in [0, 0.1) is 12.8 Å². The van der Waals surface area contributed by atoms with Crippen LogP contribution in [0.2, 0.25) is 0 Å². The van der Waals surface area contributed by atoms with E-state index in [0.717, 1.165) is 30.4 Å². The van der Waals surface area contributed by atoms with E-state index >= 15 is 0 Å². The fourth-order valence-corrected chi connectivity index (χ4v) is 4.04. The van der Waals surface area contributed by atoms with Gasteiger partial charge in [0.25, 0.3) is 0 Å². The van der Waals surface area contributed by atoms with Gasteiger partial charge in [0.2, 0.25) is 10.0 Å². The molecule has 0 amide bonds. The maximum absolute atomic E-state index is 12.1. The smallest absolute Gasteiger partial charge is 0.240 e. The van der Waals surface area contributed by atoms with Gasteiger partial charge in [-0.05, 0) is 56.5 Å². The molecular weight excluding hydrogens is 336 g/mol. The fourth-order valence-electron chi connectivity index (χ4n) is 3.04. The number of nitrogens with zero attached hydrogens (tertiary/aromatic N) is 3. The van der Waals surface area contributed by atoms with Crippen LogP contribution in [-0.4, -0.2) is 38.8 Å². The summed E-state index contributed by atoms with van der Waals surface area (Å²) in [5.41, 5.74) is 2.11. The first-order chi connectivity index (χ1) is 11.9. The average molecular weight is 360 g/mol. The number of aryl methyl sites for hydroxylation is 1. The predicted octanol–water partition coefficient (Wildman–Crippen LogP) is 2.60. The third-order valence-corrected chi connectivity index (χ3v) is 6.36. The van der Waals surface area contributed by atoms with Crippen LogP contribution < -0.4 is 9.62 Å². The molecular formula is C18H24N4O2S. The Kier molecular flexibility index (Phi) is 5.06. The van der Waals surface area contributed by atoms with Crippen molar-refractivity contribution in [2.45, 2.75) is 31.6 Å². The monoisotopic (exact) mass is 360 g/mol. The van der Waals surface area contributed by atoms with Crippen molar-refractivity contribution in [2.24, 2.45) is 5.92 Å². The van der Waals surface area contributed by atoms with E-state index in [4.69, 9.17) is 0 Å². The highest BCUT2D eigenvalue weighted by Crippen LogP contribution is 2.25. The number of rotatable bonds is 4. The molecule has 0 aliphatic carbocycles. The minimum Gasteiger partial charge on any atom is -0.355 e. The Bertz CT molecular complexity index is 842. The lowest BCUT2D eigenvalue weighted by Crippen LogP contribution is -2.33. The molecule has 7 heteroatoms. The van der Waals surface area contributed by atoms with Gasteiger partial charge in [0.15, 0.2) is 5.82 Å². The van der Waals surface area contributed by atoms with Gasteiger partial charge in [0.1, 0.15) is 0 Å². The maximum atomic E-state index is 12.1. The minimum absolute atomic E-state index is 0.267. The molecule has 0 atom stereocenters. The van der Waals surface area contributed by atoms with E-state index in [1.54, 1.807) is 19.1 Å². The normalized spacial score (nSPS) is 16.2. The standard InChI is InChI=1S/C18H24N4O2S/c1-13-8-10-22(11-9-13)18-7-6-16(20-21-18)15-5-4-14(2)17(12-15)25(23,24)19-3/h4-7,12-13,19H,8-11H2,1-3H3. The number of piperidine rings is 1.